The van der Waals surface area contributed by atoms with E-state index in [0.717, 1.165) is 17.3 Å². The fourth-order valence-corrected chi connectivity index (χ4v) is 4.19. The number of piperazine rings is 1. The first-order valence-electron chi connectivity index (χ1n) is 9.68. The molecule has 3 heterocycles. The molecule has 3 aromatic rings. The minimum atomic E-state index is -0.348. The summed E-state index contributed by atoms with van der Waals surface area (Å²) in [6, 6.07) is 3.00. The molecule has 0 spiro atoms. The van der Waals surface area contributed by atoms with E-state index in [9.17, 15) is 9.59 Å². The molecule has 166 valence electrons. The van der Waals surface area contributed by atoms with Gasteiger partial charge in [0.05, 0.1) is 15.4 Å². The van der Waals surface area contributed by atoms with Gasteiger partial charge in [0.15, 0.2) is 12.4 Å². The Morgan fingerprint density at radius 2 is 1.88 bits per heavy atom. The molecule has 1 saturated heterocycles. The Bertz CT molecular complexity index is 1200. The molecular weight excluding hydrogens is 477 g/mol. The zero-order valence-electron chi connectivity index (χ0n) is 16.8. The fraction of sp³-hybridized carbons (Fsp3) is 0.238. The second kappa shape index (κ2) is 9.36. The summed E-state index contributed by atoms with van der Waals surface area (Å²) >= 11 is 18.6. The standard InChI is InChI=1S/C21H18Cl3N5O3/c1-2-14(30)12-3-4-15(19(24)18(12)23)32-10-16(31)28-5-7-29(8-6-28)21-17-13(22)9-25-20(17)26-11-27-21/h2-4,9,11H,1,5-8,10H2,(H,25,26,27). The molecule has 0 aliphatic carbocycles. The lowest BCUT2D eigenvalue weighted by Gasteiger charge is -2.35. The summed E-state index contributed by atoms with van der Waals surface area (Å²) in [7, 11) is 0. The van der Waals surface area contributed by atoms with Gasteiger partial charge in [-0.3, -0.25) is 9.59 Å². The summed E-state index contributed by atoms with van der Waals surface area (Å²) in [4.78, 5) is 39.8. The van der Waals surface area contributed by atoms with Gasteiger partial charge in [0, 0.05) is 37.9 Å². The van der Waals surface area contributed by atoms with Crippen molar-refractivity contribution in [3.05, 3.63) is 57.9 Å². The number of ether oxygens (including phenoxy) is 1. The van der Waals surface area contributed by atoms with Crippen LogP contribution in [0.2, 0.25) is 15.1 Å². The molecule has 1 amide bonds. The molecule has 1 N–H and O–H groups in total. The molecule has 0 unspecified atom stereocenters. The van der Waals surface area contributed by atoms with Crippen LogP contribution in [-0.4, -0.2) is 64.3 Å². The number of hydrogen-bond donors (Lipinski definition) is 1. The van der Waals surface area contributed by atoms with Gasteiger partial charge in [-0.05, 0) is 18.2 Å². The number of amides is 1. The first-order valence-corrected chi connectivity index (χ1v) is 10.8. The molecule has 1 fully saturated rings. The number of benzene rings is 1. The molecule has 32 heavy (non-hydrogen) atoms. The van der Waals surface area contributed by atoms with Crippen molar-refractivity contribution in [1.82, 2.24) is 19.9 Å². The molecule has 0 saturated carbocycles. The fourth-order valence-electron chi connectivity index (χ4n) is 3.49. The van der Waals surface area contributed by atoms with Crippen molar-refractivity contribution in [3.8, 4) is 5.75 Å². The van der Waals surface area contributed by atoms with E-state index in [-0.39, 0.29) is 39.7 Å². The van der Waals surface area contributed by atoms with Crippen LogP contribution >= 0.6 is 34.8 Å². The molecule has 8 nitrogen and oxygen atoms in total. The van der Waals surface area contributed by atoms with Crippen molar-refractivity contribution in [3.63, 3.8) is 0 Å². The number of anilines is 1. The van der Waals surface area contributed by atoms with Crippen molar-refractivity contribution in [2.75, 3.05) is 37.7 Å². The maximum Gasteiger partial charge on any atom is 0.260 e. The number of aromatic amines is 1. The summed E-state index contributed by atoms with van der Waals surface area (Å²) < 4.78 is 5.57. The summed E-state index contributed by atoms with van der Waals surface area (Å²) in [5.41, 5.74) is 0.895. The van der Waals surface area contributed by atoms with Gasteiger partial charge in [0.1, 0.15) is 28.6 Å². The summed E-state index contributed by atoms with van der Waals surface area (Å²) in [6.07, 6.45) is 4.31. The predicted octanol–water partition coefficient (Wildman–Crippen LogP) is 4.01. The molecule has 0 atom stereocenters. The first-order chi connectivity index (χ1) is 15.4. The lowest BCUT2D eigenvalue weighted by molar-refractivity contribution is -0.133. The summed E-state index contributed by atoms with van der Waals surface area (Å²) in [6.45, 7) is 5.40. The van der Waals surface area contributed by atoms with E-state index in [0.29, 0.717) is 36.8 Å². The molecular formula is C21H18Cl3N5O3. The number of hydrogen-bond acceptors (Lipinski definition) is 6. The molecule has 0 radical (unpaired) electrons. The molecule has 4 rings (SSSR count). The molecule has 11 heteroatoms. The van der Waals surface area contributed by atoms with Gasteiger partial charge in [-0.2, -0.15) is 0 Å². The summed E-state index contributed by atoms with van der Waals surface area (Å²) in [5.74, 6) is 0.435. The third kappa shape index (κ3) is 4.26. The molecule has 1 aromatic carbocycles. The quantitative estimate of drug-likeness (QED) is 0.411. The topological polar surface area (TPSA) is 91.4 Å². The van der Waals surface area contributed by atoms with E-state index in [1.54, 1.807) is 11.1 Å². The highest BCUT2D eigenvalue weighted by atomic mass is 35.5. The van der Waals surface area contributed by atoms with Gasteiger partial charge < -0.3 is 19.5 Å². The zero-order valence-corrected chi connectivity index (χ0v) is 19.0. The third-order valence-corrected chi connectivity index (χ3v) is 6.35. The number of fused-ring (bicyclic) bond motifs is 1. The average Bonchev–Trinajstić information content (AvgIpc) is 3.20. The van der Waals surface area contributed by atoms with Crippen molar-refractivity contribution in [1.29, 1.82) is 0 Å². The monoisotopic (exact) mass is 493 g/mol. The number of rotatable bonds is 6. The van der Waals surface area contributed by atoms with Gasteiger partial charge in [-0.1, -0.05) is 41.4 Å². The largest absolute Gasteiger partial charge is 0.482 e. The molecule has 1 aliphatic rings. The predicted molar refractivity (Wildman–Crippen MR) is 124 cm³/mol. The Kier molecular flexibility index (Phi) is 6.55. The lowest BCUT2D eigenvalue weighted by Crippen LogP contribution is -2.50. The van der Waals surface area contributed by atoms with E-state index in [1.165, 1.54) is 18.5 Å². The highest BCUT2D eigenvalue weighted by Gasteiger charge is 2.25. The normalized spacial score (nSPS) is 14.0. The van der Waals surface area contributed by atoms with Crippen LogP contribution in [0.4, 0.5) is 5.82 Å². The van der Waals surface area contributed by atoms with Gasteiger partial charge >= 0.3 is 0 Å². The van der Waals surface area contributed by atoms with Crippen molar-refractivity contribution in [2.45, 2.75) is 0 Å². The zero-order chi connectivity index (χ0) is 22.8. The second-order valence-electron chi connectivity index (χ2n) is 7.02. The van der Waals surface area contributed by atoms with Gasteiger partial charge in [-0.25, -0.2) is 9.97 Å². The van der Waals surface area contributed by atoms with Crippen LogP contribution in [0, 0.1) is 0 Å². The highest BCUT2D eigenvalue weighted by molar-refractivity contribution is 6.45. The number of carbonyl (C=O) groups is 2. The van der Waals surface area contributed by atoms with Gasteiger partial charge in [-0.15, -0.1) is 0 Å². The number of H-pyrrole nitrogens is 1. The number of allylic oxidation sites excluding steroid dienone is 1. The number of ketones is 1. The lowest BCUT2D eigenvalue weighted by atomic mass is 10.1. The van der Waals surface area contributed by atoms with Gasteiger partial charge in [0.2, 0.25) is 0 Å². The van der Waals surface area contributed by atoms with Crippen LogP contribution in [-0.2, 0) is 4.79 Å². The third-order valence-electron chi connectivity index (χ3n) is 5.18. The van der Waals surface area contributed by atoms with Gasteiger partial charge in [0.25, 0.3) is 5.91 Å². The second-order valence-corrected chi connectivity index (χ2v) is 8.18. The highest BCUT2D eigenvalue weighted by Crippen LogP contribution is 2.35. The summed E-state index contributed by atoms with van der Waals surface area (Å²) in [5, 5.41) is 1.46. The number of nitrogens with zero attached hydrogens (tertiary/aromatic N) is 4. The average molecular weight is 495 g/mol. The van der Waals surface area contributed by atoms with E-state index in [1.807, 2.05) is 0 Å². The molecule has 2 aromatic heterocycles. The van der Waals surface area contributed by atoms with Crippen molar-refractivity contribution >= 4 is 63.3 Å². The SMILES string of the molecule is C=CC(=O)c1ccc(OCC(=O)N2CCN(c3ncnc4[nH]cc(Cl)c34)CC2)c(Cl)c1Cl. The van der Waals surface area contributed by atoms with Crippen LogP contribution in [0.1, 0.15) is 10.4 Å². The van der Waals surface area contributed by atoms with Crippen LogP contribution in [0.15, 0.2) is 37.3 Å². The van der Waals surface area contributed by atoms with Crippen LogP contribution in [0.25, 0.3) is 11.0 Å². The molecule has 0 bridgehead atoms. The maximum atomic E-state index is 12.6. The number of halogens is 3. The maximum absolute atomic E-state index is 12.6. The Labute approximate surface area is 198 Å². The Morgan fingerprint density at radius 3 is 2.59 bits per heavy atom. The number of aromatic nitrogens is 3. The minimum Gasteiger partial charge on any atom is -0.482 e. The van der Waals surface area contributed by atoms with Crippen LogP contribution < -0.4 is 9.64 Å². The van der Waals surface area contributed by atoms with Crippen molar-refractivity contribution < 1.29 is 14.3 Å². The first kappa shape index (κ1) is 22.4. The Morgan fingerprint density at radius 1 is 1.12 bits per heavy atom. The Balaban J connectivity index is 1.37. The van der Waals surface area contributed by atoms with E-state index < -0.39 is 0 Å². The number of carbonyl (C=O) groups excluding carboxylic acids is 2. The van der Waals surface area contributed by atoms with E-state index in [2.05, 4.69) is 26.4 Å². The Hall–Kier alpha value is -2.81. The smallest absolute Gasteiger partial charge is 0.260 e. The van der Waals surface area contributed by atoms with E-state index >= 15 is 0 Å². The minimum absolute atomic E-state index is 0.0645. The van der Waals surface area contributed by atoms with Crippen LogP contribution in [0.5, 0.6) is 5.75 Å². The van der Waals surface area contributed by atoms with E-state index in [4.69, 9.17) is 39.5 Å². The van der Waals surface area contributed by atoms with Crippen molar-refractivity contribution in [2.24, 2.45) is 0 Å². The molecule has 1 aliphatic heterocycles. The van der Waals surface area contributed by atoms with Crippen LogP contribution in [0.3, 0.4) is 0 Å². The number of nitrogens with one attached hydrogen (secondary N) is 1.